The van der Waals surface area contributed by atoms with Gasteiger partial charge in [0.2, 0.25) is 0 Å². The predicted octanol–water partition coefficient (Wildman–Crippen LogP) is 1.89. The Morgan fingerprint density at radius 3 is 2.90 bits per heavy atom. The summed E-state index contributed by atoms with van der Waals surface area (Å²) in [6, 6.07) is 2.09. The molecule has 0 radical (unpaired) electrons. The number of ether oxygens (including phenoxy) is 1. The average molecular weight is 278 g/mol. The van der Waals surface area contributed by atoms with Crippen LogP contribution in [0.1, 0.15) is 32.8 Å². The number of alkyl carbamates (subject to hydrolysis) is 1. The van der Waals surface area contributed by atoms with Crippen molar-refractivity contribution in [2.24, 2.45) is 0 Å². The SMILES string of the molecule is Cc1cnnc(N2CC[C@@H](NC(=O)OC(C)(C)C)C2)c1. The fourth-order valence-electron chi connectivity index (χ4n) is 2.16. The van der Waals surface area contributed by atoms with Gasteiger partial charge in [-0.15, -0.1) is 5.10 Å². The van der Waals surface area contributed by atoms with Crippen LogP contribution in [0.15, 0.2) is 12.3 Å². The Hall–Kier alpha value is -1.85. The lowest BCUT2D eigenvalue weighted by atomic mass is 10.2. The highest BCUT2D eigenvalue weighted by Gasteiger charge is 2.27. The van der Waals surface area contributed by atoms with Crippen molar-refractivity contribution in [2.75, 3.05) is 18.0 Å². The Kier molecular flexibility index (Phi) is 4.11. The van der Waals surface area contributed by atoms with E-state index in [0.717, 1.165) is 30.9 Å². The lowest BCUT2D eigenvalue weighted by Crippen LogP contribution is -2.40. The monoisotopic (exact) mass is 278 g/mol. The minimum atomic E-state index is -0.468. The summed E-state index contributed by atoms with van der Waals surface area (Å²) in [6.07, 6.45) is 2.25. The number of hydrogen-bond acceptors (Lipinski definition) is 5. The van der Waals surface area contributed by atoms with Gasteiger partial charge in [0, 0.05) is 13.1 Å². The summed E-state index contributed by atoms with van der Waals surface area (Å²) in [7, 11) is 0. The normalized spacial score (nSPS) is 19.0. The largest absolute Gasteiger partial charge is 0.444 e. The Labute approximate surface area is 119 Å². The minimum Gasteiger partial charge on any atom is -0.444 e. The van der Waals surface area contributed by atoms with Crippen LogP contribution >= 0.6 is 0 Å². The molecule has 6 nitrogen and oxygen atoms in total. The van der Waals surface area contributed by atoms with Crippen molar-refractivity contribution in [1.82, 2.24) is 15.5 Å². The molecule has 0 spiro atoms. The van der Waals surface area contributed by atoms with Crippen molar-refractivity contribution >= 4 is 11.9 Å². The van der Waals surface area contributed by atoms with Crippen LogP contribution < -0.4 is 10.2 Å². The van der Waals surface area contributed by atoms with Crippen molar-refractivity contribution < 1.29 is 9.53 Å². The number of nitrogens with zero attached hydrogens (tertiary/aromatic N) is 3. The maximum atomic E-state index is 11.7. The second-order valence-electron chi connectivity index (χ2n) is 6.17. The first-order chi connectivity index (χ1) is 9.33. The van der Waals surface area contributed by atoms with Gasteiger partial charge in [0.25, 0.3) is 0 Å². The predicted molar refractivity (Wildman–Crippen MR) is 76.8 cm³/mol. The number of carbonyl (C=O) groups excluding carboxylic acids is 1. The molecular weight excluding hydrogens is 256 g/mol. The van der Waals surface area contributed by atoms with Crippen molar-refractivity contribution in [3.8, 4) is 0 Å². The van der Waals surface area contributed by atoms with Crippen molar-refractivity contribution in [3.05, 3.63) is 17.8 Å². The quantitative estimate of drug-likeness (QED) is 0.894. The highest BCUT2D eigenvalue weighted by Crippen LogP contribution is 2.18. The molecular formula is C14H22N4O2. The Morgan fingerprint density at radius 2 is 2.25 bits per heavy atom. The second kappa shape index (κ2) is 5.64. The number of aromatic nitrogens is 2. The van der Waals surface area contributed by atoms with Crippen LogP contribution in [0.3, 0.4) is 0 Å². The zero-order chi connectivity index (χ0) is 14.8. The van der Waals surface area contributed by atoms with E-state index >= 15 is 0 Å². The fourth-order valence-corrected chi connectivity index (χ4v) is 2.16. The zero-order valence-corrected chi connectivity index (χ0v) is 12.5. The molecule has 1 amide bonds. The minimum absolute atomic E-state index is 0.0900. The van der Waals surface area contributed by atoms with Crippen molar-refractivity contribution in [1.29, 1.82) is 0 Å². The van der Waals surface area contributed by atoms with Gasteiger partial charge in [0.1, 0.15) is 5.60 Å². The third kappa shape index (κ3) is 4.08. The zero-order valence-electron chi connectivity index (χ0n) is 12.5. The molecule has 1 fully saturated rings. The van der Waals surface area contributed by atoms with E-state index in [4.69, 9.17) is 4.74 Å². The molecule has 0 saturated carbocycles. The molecule has 1 aromatic rings. The smallest absolute Gasteiger partial charge is 0.407 e. The van der Waals surface area contributed by atoms with E-state index in [9.17, 15) is 4.79 Å². The molecule has 20 heavy (non-hydrogen) atoms. The summed E-state index contributed by atoms with van der Waals surface area (Å²) >= 11 is 0. The van der Waals surface area contributed by atoms with Crippen LogP contribution in [-0.2, 0) is 4.74 Å². The molecule has 2 heterocycles. The molecule has 110 valence electrons. The van der Waals surface area contributed by atoms with Gasteiger partial charge in [0.05, 0.1) is 12.2 Å². The van der Waals surface area contributed by atoms with Crippen LogP contribution in [-0.4, -0.2) is 41.0 Å². The van der Waals surface area contributed by atoms with Gasteiger partial charge < -0.3 is 15.0 Å². The molecule has 1 saturated heterocycles. The van der Waals surface area contributed by atoms with E-state index in [-0.39, 0.29) is 12.1 Å². The number of carbonyl (C=O) groups is 1. The topological polar surface area (TPSA) is 67.4 Å². The summed E-state index contributed by atoms with van der Waals surface area (Å²) < 4.78 is 5.26. The van der Waals surface area contributed by atoms with E-state index in [1.165, 1.54) is 0 Å². The number of nitrogens with one attached hydrogen (secondary N) is 1. The molecule has 0 bridgehead atoms. The highest BCUT2D eigenvalue weighted by molar-refractivity contribution is 5.68. The number of amides is 1. The third-order valence-corrected chi connectivity index (χ3v) is 3.01. The Bertz CT molecular complexity index is 484. The molecule has 0 unspecified atom stereocenters. The Morgan fingerprint density at radius 1 is 1.50 bits per heavy atom. The van der Waals surface area contributed by atoms with Crippen LogP contribution in [0.25, 0.3) is 0 Å². The molecule has 6 heteroatoms. The third-order valence-electron chi connectivity index (χ3n) is 3.01. The number of rotatable bonds is 2. The first kappa shape index (κ1) is 14.6. The van der Waals surface area contributed by atoms with Gasteiger partial charge in [-0.05, 0) is 45.7 Å². The van der Waals surface area contributed by atoms with E-state index < -0.39 is 5.60 Å². The van der Waals surface area contributed by atoms with Crippen LogP contribution in [0.2, 0.25) is 0 Å². The van der Waals surface area contributed by atoms with E-state index in [2.05, 4.69) is 20.4 Å². The Balaban J connectivity index is 1.88. The molecule has 0 aliphatic carbocycles. The summed E-state index contributed by atoms with van der Waals surface area (Å²) in [5, 5.41) is 11.0. The van der Waals surface area contributed by atoms with Gasteiger partial charge in [-0.1, -0.05) is 0 Å². The number of hydrogen-bond donors (Lipinski definition) is 1. The van der Waals surface area contributed by atoms with Crippen LogP contribution in [0.5, 0.6) is 0 Å². The van der Waals surface area contributed by atoms with E-state index in [1.807, 2.05) is 33.8 Å². The van der Waals surface area contributed by atoms with Crippen LogP contribution in [0.4, 0.5) is 10.6 Å². The molecule has 1 atom stereocenters. The van der Waals surface area contributed by atoms with E-state index in [0.29, 0.717) is 0 Å². The summed E-state index contributed by atoms with van der Waals surface area (Å²) in [4.78, 5) is 13.9. The maximum absolute atomic E-state index is 11.7. The maximum Gasteiger partial charge on any atom is 0.407 e. The summed E-state index contributed by atoms with van der Waals surface area (Å²) in [6.45, 7) is 9.16. The number of anilines is 1. The molecule has 1 aliphatic rings. The average Bonchev–Trinajstić information content (AvgIpc) is 2.74. The van der Waals surface area contributed by atoms with Gasteiger partial charge in [-0.2, -0.15) is 5.10 Å². The van der Waals surface area contributed by atoms with E-state index in [1.54, 1.807) is 6.20 Å². The van der Waals surface area contributed by atoms with Gasteiger partial charge >= 0.3 is 6.09 Å². The first-order valence-electron chi connectivity index (χ1n) is 6.87. The fraction of sp³-hybridized carbons (Fsp3) is 0.643. The summed E-state index contributed by atoms with van der Waals surface area (Å²) in [5.74, 6) is 0.860. The van der Waals surface area contributed by atoms with Gasteiger partial charge in [0.15, 0.2) is 5.82 Å². The first-order valence-corrected chi connectivity index (χ1v) is 6.87. The lowest BCUT2D eigenvalue weighted by Gasteiger charge is -2.22. The molecule has 1 aliphatic heterocycles. The molecule has 0 aromatic carbocycles. The van der Waals surface area contributed by atoms with Crippen molar-refractivity contribution in [3.63, 3.8) is 0 Å². The second-order valence-corrected chi connectivity index (χ2v) is 6.17. The lowest BCUT2D eigenvalue weighted by molar-refractivity contribution is 0.0509. The van der Waals surface area contributed by atoms with Gasteiger partial charge in [-0.25, -0.2) is 4.79 Å². The number of aryl methyl sites for hydroxylation is 1. The summed E-state index contributed by atoms with van der Waals surface area (Å²) in [5.41, 5.74) is 0.614. The molecule has 2 rings (SSSR count). The molecule has 1 aromatic heterocycles. The molecule has 1 N–H and O–H groups in total. The van der Waals surface area contributed by atoms with Gasteiger partial charge in [-0.3, -0.25) is 0 Å². The highest BCUT2D eigenvalue weighted by atomic mass is 16.6. The van der Waals surface area contributed by atoms with Crippen molar-refractivity contribution in [2.45, 2.75) is 45.8 Å². The van der Waals surface area contributed by atoms with Crippen LogP contribution in [0, 0.1) is 6.92 Å². The standard InChI is InChI=1S/C14H22N4O2/c1-10-7-12(17-15-8-10)18-6-5-11(9-18)16-13(19)20-14(2,3)4/h7-8,11H,5-6,9H2,1-4H3,(H,16,19)/t11-/m1/s1.